The van der Waals surface area contributed by atoms with Crippen LogP contribution in [0.15, 0.2) is 24.4 Å². The largest absolute Gasteiger partial charge is 0.494 e. The van der Waals surface area contributed by atoms with E-state index in [-0.39, 0.29) is 10.6 Å². The quantitative estimate of drug-likeness (QED) is 0.872. The van der Waals surface area contributed by atoms with E-state index in [1.54, 1.807) is 18.2 Å². The highest BCUT2D eigenvalue weighted by Crippen LogP contribution is 2.30. The van der Waals surface area contributed by atoms with Gasteiger partial charge in [-0.1, -0.05) is 23.7 Å². The zero-order valence-corrected chi connectivity index (χ0v) is 9.15. The van der Waals surface area contributed by atoms with Crippen LogP contribution in [0.5, 0.6) is 5.75 Å². The standard InChI is InChI=1S/C11H8ClNO3/c1-16-8-4-2-3-6-9(12)7(11(14)15)5-13-10(6)8/h2-5H,1H3,(H,14,15). The second kappa shape index (κ2) is 3.98. The maximum atomic E-state index is 10.9. The first-order chi connectivity index (χ1) is 7.65. The molecule has 1 heterocycles. The van der Waals surface area contributed by atoms with Crippen molar-refractivity contribution in [2.24, 2.45) is 0 Å². The van der Waals surface area contributed by atoms with Gasteiger partial charge in [-0.2, -0.15) is 0 Å². The van der Waals surface area contributed by atoms with Crippen molar-refractivity contribution in [3.8, 4) is 5.75 Å². The summed E-state index contributed by atoms with van der Waals surface area (Å²) >= 11 is 5.99. The van der Waals surface area contributed by atoms with Gasteiger partial charge in [0.1, 0.15) is 11.3 Å². The number of carboxylic acid groups (broad SMARTS) is 1. The number of hydrogen-bond donors (Lipinski definition) is 1. The van der Waals surface area contributed by atoms with Crippen molar-refractivity contribution >= 4 is 28.5 Å². The molecule has 0 radical (unpaired) electrons. The van der Waals surface area contributed by atoms with E-state index in [0.717, 1.165) is 0 Å². The molecule has 0 amide bonds. The van der Waals surface area contributed by atoms with Gasteiger partial charge < -0.3 is 9.84 Å². The second-order valence-electron chi connectivity index (χ2n) is 3.15. The maximum absolute atomic E-state index is 10.9. The fourth-order valence-corrected chi connectivity index (χ4v) is 1.76. The molecule has 0 spiro atoms. The normalized spacial score (nSPS) is 10.4. The average molecular weight is 238 g/mol. The Hall–Kier alpha value is -1.81. The molecule has 1 aromatic heterocycles. The first kappa shape index (κ1) is 10.7. The Morgan fingerprint density at radius 2 is 2.25 bits per heavy atom. The topological polar surface area (TPSA) is 59.4 Å². The van der Waals surface area contributed by atoms with Crippen LogP contribution in [0.1, 0.15) is 10.4 Å². The van der Waals surface area contributed by atoms with Gasteiger partial charge in [0.25, 0.3) is 0 Å². The van der Waals surface area contributed by atoms with E-state index in [2.05, 4.69) is 4.98 Å². The first-order valence-electron chi connectivity index (χ1n) is 4.49. The van der Waals surface area contributed by atoms with Crippen molar-refractivity contribution in [2.45, 2.75) is 0 Å². The third kappa shape index (κ3) is 1.57. The number of aromatic carboxylic acids is 1. The molecule has 0 aliphatic heterocycles. The fourth-order valence-electron chi connectivity index (χ4n) is 1.48. The van der Waals surface area contributed by atoms with Crippen LogP contribution in [0.3, 0.4) is 0 Å². The third-order valence-corrected chi connectivity index (χ3v) is 2.65. The minimum Gasteiger partial charge on any atom is -0.494 e. The van der Waals surface area contributed by atoms with E-state index in [1.165, 1.54) is 13.3 Å². The van der Waals surface area contributed by atoms with E-state index in [0.29, 0.717) is 16.7 Å². The number of pyridine rings is 1. The molecule has 0 atom stereocenters. The molecular formula is C11H8ClNO3. The molecule has 0 saturated carbocycles. The molecule has 0 aliphatic rings. The monoisotopic (exact) mass is 237 g/mol. The zero-order valence-electron chi connectivity index (χ0n) is 8.40. The smallest absolute Gasteiger partial charge is 0.338 e. The van der Waals surface area contributed by atoms with Gasteiger partial charge in [0.15, 0.2) is 0 Å². The van der Waals surface area contributed by atoms with E-state index in [1.807, 2.05) is 0 Å². The van der Waals surface area contributed by atoms with Crippen LogP contribution in [-0.4, -0.2) is 23.2 Å². The number of carboxylic acids is 1. The van der Waals surface area contributed by atoms with Gasteiger partial charge in [-0.15, -0.1) is 0 Å². The van der Waals surface area contributed by atoms with Crippen LogP contribution in [0.25, 0.3) is 10.9 Å². The Morgan fingerprint density at radius 3 is 2.88 bits per heavy atom. The molecule has 0 aliphatic carbocycles. The molecule has 0 fully saturated rings. The highest BCUT2D eigenvalue weighted by molar-refractivity contribution is 6.38. The van der Waals surface area contributed by atoms with Crippen molar-refractivity contribution in [2.75, 3.05) is 7.11 Å². The van der Waals surface area contributed by atoms with Gasteiger partial charge in [0.05, 0.1) is 17.7 Å². The van der Waals surface area contributed by atoms with Gasteiger partial charge >= 0.3 is 5.97 Å². The zero-order chi connectivity index (χ0) is 11.7. The van der Waals surface area contributed by atoms with Crippen LogP contribution < -0.4 is 4.74 Å². The van der Waals surface area contributed by atoms with E-state index < -0.39 is 5.97 Å². The summed E-state index contributed by atoms with van der Waals surface area (Å²) < 4.78 is 5.11. The number of fused-ring (bicyclic) bond motifs is 1. The molecule has 1 N–H and O–H groups in total. The number of para-hydroxylation sites is 1. The van der Waals surface area contributed by atoms with Gasteiger partial charge in [-0.25, -0.2) is 4.79 Å². The molecule has 4 nitrogen and oxygen atoms in total. The van der Waals surface area contributed by atoms with Crippen LogP contribution in [0, 0.1) is 0 Å². The summed E-state index contributed by atoms with van der Waals surface area (Å²) in [4.78, 5) is 14.9. The van der Waals surface area contributed by atoms with Gasteiger partial charge in [0.2, 0.25) is 0 Å². The van der Waals surface area contributed by atoms with Crippen LogP contribution in [0.4, 0.5) is 0 Å². The Balaban J connectivity index is 2.81. The highest BCUT2D eigenvalue weighted by atomic mass is 35.5. The Labute approximate surface area is 96.4 Å². The molecule has 0 unspecified atom stereocenters. The van der Waals surface area contributed by atoms with E-state index in [4.69, 9.17) is 21.4 Å². The maximum Gasteiger partial charge on any atom is 0.338 e. The minimum absolute atomic E-state index is 0.0116. The van der Waals surface area contributed by atoms with Crippen molar-refractivity contribution < 1.29 is 14.6 Å². The molecule has 16 heavy (non-hydrogen) atoms. The fraction of sp³-hybridized carbons (Fsp3) is 0.0909. The molecule has 0 bridgehead atoms. The predicted octanol–water partition coefficient (Wildman–Crippen LogP) is 2.60. The van der Waals surface area contributed by atoms with Crippen molar-refractivity contribution in [3.63, 3.8) is 0 Å². The Bertz CT molecular complexity index is 568. The molecule has 5 heteroatoms. The van der Waals surface area contributed by atoms with Crippen molar-refractivity contribution in [1.82, 2.24) is 4.98 Å². The predicted molar refractivity (Wildman–Crippen MR) is 60.3 cm³/mol. The van der Waals surface area contributed by atoms with Gasteiger partial charge in [-0.05, 0) is 6.07 Å². The Kier molecular flexibility index (Phi) is 2.66. The summed E-state index contributed by atoms with van der Waals surface area (Å²) in [7, 11) is 1.52. The molecule has 1 aromatic carbocycles. The van der Waals surface area contributed by atoms with E-state index >= 15 is 0 Å². The molecule has 2 aromatic rings. The average Bonchev–Trinajstić information content (AvgIpc) is 2.28. The summed E-state index contributed by atoms with van der Waals surface area (Å²) in [6.45, 7) is 0. The lowest BCUT2D eigenvalue weighted by Crippen LogP contribution is -1.99. The summed E-state index contributed by atoms with van der Waals surface area (Å²) in [5.41, 5.74) is 0.544. The van der Waals surface area contributed by atoms with Crippen molar-refractivity contribution in [1.29, 1.82) is 0 Å². The van der Waals surface area contributed by atoms with Crippen LogP contribution in [0.2, 0.25) is 5.02 Å². The summed E-state index contributed by atoms with van der Waals surface area (Å²) in [6, 6.07) is 5.19. The number of ether oxygens (including phenoxy) is 1. The summed E-state index contributed by atoms with van der Waals surface area (Å²) in [5.74, 6) is -0.529. The number of nitrogens with zero attached hydrogens (tertiary/aromatic N) is 1. The molecule has 2 rings (SSSR count). The number of rotatable bonds is 2. The molecular weight excluding hydrogens is 230 g/mol. The van der Waals surface area contributed by atoms with Crippen LogP contribution >= 0.6 is 11.6 Å². The van der Waals surface area contributed by atoms with Gasteiger partial charge in [0, 0.05) is 11.6 Å². The van der Waals surface area contributed by atoms with Crippen molar-refractivity contribution in [3.05, 3.63) is 35.0 Å². The number of aromatic nitrogens is 1. The lowest BCUT2D eigenvalue weighted by atomic mass is 10.1. The number of hydrogen-bond acceptors (Lipinski definition) is 3. The minimum atomic E-state index is -1.10. The van der Waals surface area contributed by atoms with E-state index in [9.17, 15) is 4.79 Å². The number of halogens is 1. The molecule has 0 saturated heterocycles. The SMILES string of the molecule is COc1cccc2c(Cl)c(C(=O)O)cnc12. The number of benzene rings is 1. The second-order valence-corrected chi connectivity index (χ2v) is 3.53. The lowest BCUT2D eigenvalue weighted by molar-refractivity contribution is 0.0697. The van der Waals surface area contributed by atoms with Gasteiger partial charge in [-0.3, -0.25) is 4.98 Å². The number of carbonyl (C=O) groups is 1. The lowest BCUT2D eigenvalue weighted by Gasteiger charge is -2.06. The van der Waals surface area contributed by atoms with Crippen LogP contribution in [-0.2, 0) is 0 Å². The summed E-state index contributed by atoms with van der Waals surface area (Å²) in [5, 5.41) is 9.64. The highest BCUT2D eigenvalue weighted by Gasteiger charge is 2.14. The summed E-state index contributed by atoms with van der Waals surface area (Å²) in [6.07, 6.45) is 1.23. The first-order valence-corrected chi connectivity index (χ1v) is 4.87. The molecule has 82 valence electrons. The third-order valence-electron chi connectivity index (χ3n) is 2.25. The number of methoxy groups -OCH3 is 1. The Morgan fingerprint density at radius 1 is 1.50 bits per heavy atom.